The van der Waals surface area contributed by atoms with Gasteiger partial charge in [-0.1, -0.05) is 0 Å². The van der Waals surface area contributed by atoms with Crippen LogP contribution in [-0.2, 0) is 9.53 Å². The zero-order valence-corrected chi connectivity index (χ0v) is 17.4. The maximum absolute atomic E-state index is 13.7. The summed E-state index contributed by atoms with van der Waals surface area (Å²) >= 11 is 0. The van der Waals surface area contributed by atoms with Crippen LogP contribution < -0.4 is 5.32 Å². The van der Waals surface area contributed by atoms with Gasteiger partial charge in [-0.05, 0) is 6.42 Å². The Kier molecular flexibility index (Phi) is 8.75. The van der Waals surface area contributed by atoms with E-state index in [4.69, 9.17) is 9.84 Å². The molecular weight excluding hydrogens is 577 g/mol. The predicted octanol–water partition coefficient (Wildman–Crippen LogP) is 5.61. The summed E-state index contributed by atoms with van der Waals surface area (Å²) in [5, 5.41) is 11.0. The number of halogens is 17. The number of carbonyl (C=O) groups is 1. The van der Waals surface area contributed by atoms with Gasteiger partial charge in [0.1, 0.15) is 6.04 Å². The second-order valence-corrected chi connectivity index (χ2v) is 7.78. The van der Waals surface area contributed by atoms with Crippen molar-refractivity contribution in [2.24, 2.45) is 0 Å². The summed E-state index contributed by atoms with van der Waals surface area (Å²) in [4.78, 5) is 10.7. The third-order valence-electron chi connectivity index (χ3n) is 5.16. The second kappa shape index (κ2) is 9.74. The summed E-state index contributed by atoms with van der Waals surface area (Å²) in [5.41, 5.74) is 0. The summed E-state index contributed by atoms with van der Waals surface area (Å²) in [7, 11) is 0. The zero-order valence-electron chi connectivity index (χ0n) is 17.4. The number of hydrogen-bond donors (Lipinski definition) is 2. The first-order valence-corrected chi connectivity index (χ1v) is 9.42. The normalized spacial score (nSPS) is 21.4. The van der Waals surface area contributed by atoms with Gasteiger partial charge in [0.05, 0.1) is 6.10 Å². The first-order valence-electron chi connectivity index (χ1n) is 9.42. The largest absolute Gasteiger partial charge is 0.480 e. The van der Waals surface area contributed by atoms with Crippen LogP contribution in [0.1, 0.15) is 19.3 Å². The van der Waals surface area contributed by atoms with Crippen molar-refractivity contribution in [1.29, 1.82) is 0 Å². The van der Waals surface area contributed by atoms with E-state index in [2.05, 4.69) is 5.32 Å². The Hall–Kier alpha value is -1.80. The standard InChI is InChI=1S/C16H14F17NO3/c17-9(18,2-1-3-37-6-4-7(8(35)36)34-5-6)10(19,20)11(21,22)12(23,24)13(25,26)14(27,28)15(29,30)16(31,32)33/h6-7,34H,1-5H2,(H,35,36)/t6-,7+/m1/s1. The van der Waals surface area contributed by atoms with Crippen molar-refractivity contribution in [3.8, 4) is 0 Å². The summed E-state index contributed by atoms with van der Waals surface area (Å²) in [6, 6.07) is -1.18. The van der Waals surface area contributed by atoms with Crippen molar-refractivity contribution in [2.75, 3.05) is 13.2 Å². The summed E-state index contributed by atoms with van der Waals surface area (Å²) in [6.07, 6.45) is -13.2. The fraction of sp³-hybridized carbons (Fsp3) is 0.938. The minimum Gasteiger partial charge on any atom is -0.480 e. The Labute approximate surface area is 194 Å². The molecule has 0 aromatic heterocycles. The lowest BCUT2D eigenvalue weighted by molar-refractivity contribution is -0.461. The first kappa shape index (κ1) is 33.2. The number of aliphatic carboxylic acids is 1. The van der Waals surface area contributed by atoms with Crippen LogP contribution in [0.2, 0.25) is 0 Å². The van der Waals surface area contributed by atoms with E-state index in [9.17, 15) is 79.4 Å². The molecule has 0 aromatic carbocycles. The Morgan fingerprint density at radius 3 is 1.49 bits per heavy atom. The van der Waals surface area contributed by atoms with Crippen LogP contribution in [0, 0.1) is 0 Å². The molecular formula is C16H14F17NO3. The van der Waals surface area contributed by atoms with Gasteiger partial charge in [-0.15, -0.1) is 0 Å². The molecule has 21 heteroatoms. The maximum Gasteiger partial charge on any atom is 0.460 e. The molecule has 1 saturated heterocycles. The van der Waals surface area contributed by atoms with Crippen molar-refractivity contribution in [3.05, 3.63) is 0 Å². The van der Waals surface area contributed by atoms with Gasteiger partial charge < -0.3 is 15.2 Å². The molecule has 0 aromatic rings. The lowest BCUT2D eigenvalue weighted by Crippen LogP contribution is -2.74. The Balaban J connectivity index is 3.13. The molecule has 0 amide bonds. The molecule has 1 rings (SSSR count). The van der Waals surface area contributed by atoms with Crippen molar-refractivity contribution >= 4 is 5.97 Å². The van der Waals surface area contributed by atoms with Gasteiger partial charge in [-0.3, -0.25) is 4.79 Å². The van der Waals surface area contributed by atoms with E-state index in [1.54, 1.807) is 0 Å². The minimum atomic E-state index is -8.65. The van der Waals surface area contributed by atoms with Crippen LogP contribution >= 0.6 is 0 Å². The van der Waals surface area contributed by atoms with Crippen LogP contribution in [0.3, 0.4) is 0 Å². The van der Waals surface area contributed by atoms with E-state index < -0.39 is 85.2 Å². The lowest BCUT2D eigenvalue weighted by Gasteiger charge is -2.42. The van der Waals surface area contributed by atoms with E-state index in [1.165, 1.54) is 0 Å². The average molecular weight is 591 g/mol. The smallest absolute Gasteiger partial charge is 0.460 e. The van der Waals surface area contributed by atoms with Crippen LogP contribution in [0.25, 0.3) is 0 Å². The van der Waals surface area contributed by atoms with Crippen molar-refractivity contribution < 1.29 is 89.3 Å². The molecule has 0 radical (unpaired) electrons. The number of rotatable bonds is 12. The third kappa shape index (κ3) is 5.25. The molecule has 2 atom stereocenters. The molecule has 0 bridgehead atoms. The number of nitrogens with one attached hydrogen (secondary N) is 1. The summed E-state index contributed by atoms with van der Waals surface area (Å²) in [5.74, 6) is -57.8. The van der Waals surface area contributed by atoms with Crippen molar-refractivity contribution in [1.82, 2.24) is 5.32 Å². The molecule has 1 fully saturated rings. The van der Waals surface area contributed by atoms with Crippen molar-refractivity contribution in [2.45, 2.75) is 79.0 Å². The fourth-order valence-electron chi connectivity index (χ4n) is 2.92. The first-order chi connectivity index (χ1) is 16.1. The number of alkyl halides is 17. The number of carboxylic acids is 1. The zero-order chi connectivity index (χ0) is 29.7. The van der Waals surface area contributed by atoms with Gasteiger partial charge in [-0.2, -0.15) is 74.6 Å². The lowest BCUT2D eigenvalue weighted by atomic mass is 9.88. The third-order valence-corrected chi connectivity index (χ3v) is 5.16. The van der Waals surface area contributed by atoms with Gasteiger partial charge in [0.2, 0.25) is 0 Å². The average Bonchev–Trinajstić information content (AvgIpc) is 3.18. The molecule has 0 aliphatic carbocycles. The number of hydrogen-bond acceptors (Lipinski definition) is 3. The quantitative estimate of drug-likeness (QED) is 0.229. The Morgan fingerprint density at radius 2 is 1.11 bits per heavy atom. The molecule has 1 aliphatic rings. The van der Waals surface area contributed by atoms with E-state index in [0.717, 1.165) is 0 Å². The minimum absolute atomic E-state index is 0.223. The number of ether oxygens (including phenoxy) is 1. The molecule has 0 saturated carbocycles. The molecule has 220 valence electrons. The maximum atomic E-state index is 13.7. The fourth-order valence-corrected chi connectivity index (χ4v) is 2.92. The molecule has 2 N–H and O–H groups in total. The monoisotopic (exact) mass is 591 g/mol. The highest BCUT2D eigenvalue weighted by Gasteiger charge is 2.95. The highest BCUT2D eigenvalue weighted by molar-refractivity contribution is 5.73. The van der Waals surface area contributed by atoms with E-state index in [1.807, 2.05) is 0 Å². The topological polar surface area (TPSA) is 58.6 Å². The second-order valence-electron chi connectivity index (χ2n) is 7.78. The van der Waals surface area contributed by atoms with Gasteiger partial charge in [0, 0.05) is 26.0 Å². The molecule has 0 spiro atoms. The molecule has 1 aliphatic heterocycles. The predicted molar refractivity (Wildman–Crippen MR) is 83.7 cm³/mol. The molecule has 4 nitrogen and oxygen atoms in total. The SMILES string of the molecule is O=C(O)[C@@H]1C[C@@H](OCCCC(F)(F)C(F)(F)C(F)(F)C(F)(F)C(F)(F)C(F)(F)C(F)(F)C(F)(F)F)CN1. The summed E-state index contributed by atoms with van der Waals surface area (Å²) < 4.78 is 229. The van der Waals surface area contributed by atoms with Gasteiger partial charge in [0.25, 0.3) is 0 Å². The van der Waals surface area contributed by atoms with Crippen LogP contribution in [0.4, 0.5) is 74.6 Å². The van der Waals surface area contributed by atoms with Crippen LogP contribution in [-0.4, -0.2) is 84.0 Å². The molecule has 1 heterocycles. The molecule has 0 unspecified atom stereocenters. The Morgan fingerprint density at radius 1 is 0.703 bits per heavy atom. The van der Waals surface area contributed by atoms with Crippen LogP contribution in [0.15, 0.2) is 0 Å². The Bertz CT molecular complexity index is 826. The van der Waals surface area contributed by atoms with E-state index in [0.29, 0.717) is 0 Å². The summed E-state index contributed by atoms with van der Waals surface area (Å²) in [6.45, 7) is -1.28. The van der Waals surface area contributed by atoms with Crippen molar-refractivity contribution in [3.63, 3.8) is 0 Å². The van der Waals surface area contributed by atoms with Crippen LogP contribution in [0.5, 0.6) is 0 Å². The number of carboxylic acid groups (broad SMARTS) is 1. The highest BCUT2D eigenvalue weighted by Crippen LogP contribution is 2.64. The van der Waals surface area contributed by atoms with E-state index in [-0.39, 0.29) is 13.0 Å². The van der Waals surface area contributed by atoms with Gasteiger partial charge in [-0.25, -0.2) is 0 Å². The molecule has 37 heavy (non-hydrogen) atoms. The van der Waals surface area contributed by atoms with E-state index >= 15 is 0 Å². The van der Waals surface area contributed by atoms with Gasteiger partial charge in [0.15, 0.2) is 0 Å². The highest BCUT2D eigenvalue weighted by atomic mass is 19.4. The van der Waals surface area contributed by atoms with Gasteiger partial charge >= 0.3 is 53.6 Å².